The molecule has 2 heterocycles. The lowest BCUT2D eigenvalue weighted by atomic mass is 10.1. The van der Waals surface area contributed by atoms with Gasteiger partial charge in [-0.05, 0) is 38.1 Å². The maximum absolute atomic E-state index is 11.4. The molecular weight excluding hydrogens is 288 g/mol. The fourth-order valence-electron chi connectivity index (χ4n) is 2.03. The Balaban J connectivity index is 0.000000847. The Morgan fingerprint density at radius 3 is 2.64 bits per heavy atom. The van der Waals surface area contributed by atoms with E-state index in [1.165, 1.54) is 6.07 Å². The molecule has 3 aromatic rings. The third-order valence-electron chi connectivity index (χ3n) is 3.00. The number of furan rings is 1. The van der Waals surface area contributed by atoms with Crippen LogP contribution in [0.2, 0.25) is 0 Å². The molecular formula is C16H16O6. The van der Waals surface area contributed by atoms with Crippen LogP contribution in [-0.2, 0) is 0 Å². The fraction of sp³-hybridized carbons (Fsp3) is 0.188. The Bertz CT molecular complexity index is 852. The second-order valence-electron chi connectivity index (χ2n) is 4.81. The lowest BCUT2D eigenvalue weighted by Crippen LogP contribution is -1.99. The third-order valence-corrected chi connectivity index (χ3v) is 3.00. The van der Waals surface area contributed by atoms with Crippen LogP contribution >= 0.6 is 0 Å². The van der Waals surface area contributed by atoms with Gasteiger partial charge < -0.3 is 13.6 Å². The van der Waals surface area contributed by atoms with Gasteiger partial charge in [-0.25, -0.2) is 4.79 Å². The summed E-state index contributed by atoms with van der Waals surface area (Å²) in [4.78, 5) is 11.4. The van der Waals surface area contributed by atoms with E-state index in [2.05, 4.69) is 0 Å². The molecule has 1 aromatic carbocycles. The topological polar surface area (TPSA) is 93.0 Å². The minimum Gasteiger partial charge on any atom is -0.482 e. The summed E-state index contributed by atoms with van der Waals surface area (Å²) in [5.41, 5.74) is 1.76. The lowest BCUT2D eigenvalue weighted by Gasteiger charge is -2.07. The van der Waals surface area contributed by atoms with Crippen molar-refractivity contribution in [1.29, 1.82) is 0 Å². The zero-order valence-corrected chi connectivity index (χ0v) is 12.2. The summed E-state index contributed by atoms with van der Waals surface area (Å²) in [5.74, 6) is 0.470. The highest BCUT2D eigenvalue weighted by molar-refractivity contribution is 5.99. The Morgan fingerprint density at radius 1 is 1.18 bits per heavy atom. The van der Waals surface area contributed by atoms with E-state index in [0.717, 1.165) is 16.3 Å². The molecule has 6 nitrogen and oxygen atoms in total. The number of allylic oxidation sites excluding steroid dienone is 1. The summed E-state index contributed by atoms with van der Waals surface area (Å²) < 4.78 is 16.5. The zero-order chi connectivity index (χ0) is 16.1. The monoisotopic (exact) mass is 304 g/mol. The largest absolute Gasteiger partial charge is 0.482 e. The molecule has 0 amide bonds. The van der Waals surface area contributed by atoms with Crippen LogP contribution < -0.4 is 10.4 Å². The molecule has 22 heavy (non-hydrogen) atoms. The first-order valence-electron chi connectivity index (χ1n) is 6.55. The molecule has 0 aliphatic rings. The van der Waals surface area contributed by atoms with E-state index in [-0.39, 0.29) is 0 Å². The number of rotatable bonds is 3. The molecule has 6 heteroatoms. The summed E-state index contributed by atoms with van der Waals surface area (Å²) >= 11 is 0. The lowest BCUT2D eigenvalue weighted by molar-refractivity contribution is -0.176. The molecule has 0 saturated heterocycles. The van der Waals surface area contributed by atoms with Gasteiger partial charge in [0.05, 0.1) is 6.26 Å². The van der Waals surface area contributed by atoms with Gasteiger partial charge in [0.1, 0.15) is 6.61 Å². The predicted octanol–water partition coefficient (Wildman–Crippen LogP) is 3.90. The summed E-state index contributed by atoms with van der Waals surface area (Å²) in [6.07, 6.45) is 3.55. The summed E-state index contributed by atoms with van der Waals surface area (Å²) in [7, 11) is 0. The van der Waals surface area contributed by atoms with Crippen LogP contribution in [0.15, 0.2) is 55.8 Å². The molecule has 0 unspecified atom stereocenters. The van der Waals surface area contributed by atoms with E-state index in [0.29, 0.717) is 23.5 Å². The van der Waals surface area contributed by atoms with Gasteiger partial charge >= 0.3 is 5.63 Å². The Labute approximate surface area is 125 Å². The quantitative estimate of drug-likeness (QED) is 0.330. The van der Waals surface area contributed by atoms with Crippen molar-refractivity contribution < 1.29 is 24.1 Å². The van der Waals surface area contributed by atoms with Gasteiger partial charge in [-0.2, -0.15) is 0 Å². The van der Waals surface area contributed by atoms with Gasteiger partial charge in [0.2, 0.25) is 5.75 Å². The molecule has 0 saturated carbocycles. The SMILES string of the molecule is CC(C)=CCOc1c2occc2cc2ccc(=O)oc12.OO. The van der Waals surface area contributed by atoms with Gasteiger partial charge in [0.25, 0.3) is 0 Å². The van der Waals surface area contributed by atoms with Crippen LogP contribution in [0.25, 0.3) is 21.9 Å². The number of hydrogen-bond donors (Lipinski definition) is 2. The minimum atomic E-state index is -0.407. The standard InChI is InChI=1S/C16H14O4.H2O2/c1-10(2)5-7-19-16-14-12(6-8-18-14)9-11-3-4-13(17)20-15(11)16;1-2/h3-6,8-9H,7H2,1-2H3;1-2H. The van der Waals surface area contributed by atoms with E-state index >= 15 is 0 Å². The maximum Gasteiger partial charge on any atom is 0.336 e. The maximum atomic E-state index is 11.4. The highest BCUT2D eigenvalue weighted by atomic mass is 17.0. The van der Waals surface area contributed by atoms with Gasteiger partial charge in [0, 0.05) is 16.8 Å². The molecule has 0 radical (unpaired) electrons. The normalized spacial score (nSPS) is 10.2. The van der Waals surface area contributed by atoms with Gasteiger partial charge in [-0.15, -0.1) is 0 Å². The number of benzene rings is 1. The number of fused-ring (bicyclic) bond motifs is 2. The summed E-state index contributed by atoms with van der Waals surface area (Å²) in [6, 6.07) is 6.88. The second-order valence-corrected chi connectivity index (χ2v) is 4.81. The predicted molar refractivity (Wildman–Crippen MR) is 82.4 cm³/mol. The Hall–Kier alpha value is -2.57. The Morgan fingerprint density at radius 2 is 1.91 bits per heavy atom. The van der Waals surface area contributed by atoms with Crippen LogP contribution in [0.1, 0.15) is 13.8 Å². The average molecular weight is 304 g/mol. The van der Waals surface area contributed by atoms with Crippen LogP contribution in [-0.4, -0.2) is 17.1 Å². The molecule has 3 rings (SSSR count). The molecule has 0 aliphatic carbocycles. The minimum absolute atomic E-state index is 0.399. The van der Waals surface area contributed by atoms with E-state index < -0.39 is 5.63 Å². The molecule has 2 aromatic heterocycles. The van der Waals surface area contributed by atoms with Crippen LogP contribution in [0, 0.1) is 0 Å². The van der Waals surface area contributed by atoms with Crippen molar-refractivity contribution in [2.75, 3.05) is 6.61 Å². The Kier molecular flexibility index (Phi) is 4.98. The molecule has 0 aliphatic heterocycles. The third kappa shape index (κ3) is 3.19. The zero-order valence-electron chi connectivity index (χ0n) is 12.2. The fourth-order valence-corrected chi connectivity index (χ4v) is 2.03. The van der Waals surface area contributed by atoms with Crippen LogP contribution in [0.3, 0.4) is 0 Å². The molecule has 0 bridgehead atoms. The summed E-state index contributed by atoms with van der Waals surface area (Å²) in [5, 5.41) is 13.7. The second kappa shape index (κ2) is 6.93. The first kappa shape index (κ1) is 15.8. The highest BCUT2D eigenvalue weighted by Crippen LogP contribution is 2.34. The molecule has 0 atom stereocenters. The highest BCUT2D eigenvalue weighted by Gasteiger charge is 2.14. The van der Waals surface area contributed by atoms with Gasteiger partial charge in [-0.1, -0.05) is 5.57 Å². The van der Waals surface area contributed by atoms with Crippen molar-refractivity contribution in [3.63, 3.8) is 0 Å². The van der Waals surface area contributed by atoms with Crippen molar-refractivity contribution in [2.24, 2.45) is 0 Å². The van der Waals surface area contributed by atoms with Gasteiger partial charge in [-0.3, -0.25) is 10.5 Å². The van der Waals surface area contributed by atoms with Gasteiger partial charge in [0.15, 0.2) is 11.2 Å². The number of ether oxygens (including phenoxy) is 1. The van der Waals surface area contributed by atoms with Crippen molar-refractivity contribution in [1.82, 2.24) is 0 Å². The first-order valence-corrected chi connectivity index (χ1v) is 6.55. The van der Waals surface area contributed by atoms with E-state index in [4.69, 9.17) is 24.1 Å². The van der Waals surface area contributed by atoms with E-state index in [1.54, 1.807) is 12.3 Å². The van der Waals surface area contributed by atoms with E-state index in [9.17, 15) is 4.79 Å². The number of hydrogen-bond acceptors (Lipinski definition) is 6. The average Bonchev–Trinajstić information content (AvgIpc) is 2.97. The molecule has 116 valence electrons. The molecule has 2 N–H and O–H groups in total. The molecule has 0 fully saturated rings. The van der Waals surface area contributed by atoms with Crippen molar-refractivity contribution >= 4 is 21.9 Å². The van der Waals surface area contributed by atoms with E-state index in [1.807, 2.05) is 32.1 Å². The van der Waals surface area contributed by atoms with Crippen molar-refractivity contribution in [3.8, 4) is 5.75 Å². The van der Waals surface area contributed by atoms with Crippen molar-refractivity contribution in [3.05, 3.63) is 52.6 Å². The molecule has 0 spiro atoms. The van der Waals surface area contributed by atoms with Crippen LogP contribution in [0.4, 0.5) is 0 Å². The van der Waals surface area contributed by atoms with Crippen molar-refractivity contribution in [2.45, 2.75) is 13.8 Å². The van der Waals surface area contributed by atoms with Crippen LogP contribution in [0.5, 0.6) is 5.75 Å². The first-order chi connectivity index (χ1) is 10.6. The summed E-state index contributed by atoms with van der Waals surface area (Å²) in [6.45, 7) is 4.39. The smallest absolute Gasteiger partial charge is 0.336 e.